The molecule has 8 heteroatoms. The number of amides is 1. The number of hydrogen-bond donors (Lipinski definition) is 1. The molecule has 1 saturated heterocycles. The van der Waals surface area contributed by atoms with E-state index >= 15 is 0 Å². The number of likely N-dealkylation sites (tertiary alicyclic amines) is 1. The van der Waals surface area contributed by atoms with Gasteiger partial charge in [-0.1, -0.05) is 0 Å². The van der Waals surface area contributed by atoms with E-state index < -0.39 is 0 Å². The van der Waals surface area contributed by atoms with Crippen LogP contribution in [0.2, 0.25) is 0 Å². The predicted molar refractivity (Wildman–Crippen MR) is 111 cm³/mol. The van der Waals surface area contributed by atoms with Gasteiger partial charge < -0.3 is 4.90 Å². The number of H-pyrrole nitrogens is 1. The first-order chi connectivity index (χ1) is 14.7. The van der Waals surface area contributed by atoms with Crippen LogP contribution in [0.4, 0.5) is 0 Å². The van der Waals surface area contributed by atoms with E-state index in [2.05, 4.69) is 20.3 Å². The van der Waals surface area contributed by atoms with Crippen molar-refractivity contribution in [2.75, 3.05) is 13.1 Å². The van der Waals surface area contributed by atoms with Gasteiger partial charge in [-0.2, -0.15) is 10.2 Å². The van der Waals surface area contributed by atoms with Gasteiger partial charge in [0, 0.05) is 55.3 Å². The third-order valence-electron chi connectivity index (χ3n) is 6.01. The van der Waals surface area contributed by atoms with Crippen LogP contribution in [0.1, 0.15) is 47.8 Å². The number of pyridine rings is 1. The molecule has 2 aliphatic rings. The average Bonchev–Trinajstić information content (AvgIpc) is 3.52. The maximum atomic E-state index is 12.7. The topological polar surface area (TPSA) is 96.8 Å². The number of nitrogens with one attached hydrogen (secondary N) is 1. The fourth-order valence-corrected chi connectivity index (χ4v) is 4.03. The fraction of sp³-hybridized carbons (Fsp3) is 0.409. The van der Waals surface area contributed by atoms with Crippen molar-refractivity contribution in [1.82, 2.24) is 29.9 Å². The first-order valence-electron chi connectivity index (χ1n) is 10.5. The Labute approximate surface area is 174 Å². The predicted octanol–water partition coefficient (Wildman–Crippen LogP) is 2.46. The van der Waals surface area contributed by atoms with Gasteiger partial charge in [0.05, 0.1) is 5.69 Å². The summed E-state index contributed by atoms with van der Waals surface area (Å²) in [6.45, 7) is 1.91. The van der Waals surface area contributed by atoms with Crippen LogP contribution >= 0.6 is 0 Å². The lowest BCUT2D eigenvalue weighted by Crippen LogP contribution is -2.40. The third-order valence-corrected chi connectivity index (χ3v) is 6.01. The van der Waals surface area contributed by atoms with Gasteiger partial charge in [0.15, 0.2) is 0 Å². The summed E-state index contributed by atoms with van der Waals surface area (Å²) >= 11 is 0. The molecule has 4 heterocycles. The molecule has 3 aromatic rings. The second-order valence-corrected chi connectivity index (χ2v) is 8.19. The first-order valence-corrected chi connectivity index (χ1v) is 10.5. The Morgan fingerprint density at radius 1 is 1.07 bits per heavy atom. The van der Waals surface area contributed by atoms with Crippen LogP contribution in [0.25, 0.3) is 11.3 Å². The lowest BCUT2D eigenvalue weighted by Gasteiger charge is -2.31. The van der Waals surface area contributed by atoms with Crippen LogP contribution in [0.5, 0.6) is 0 Å². The second kappa shape index (κ2) is 7.85. The molecular weight excluding hydrogens is 380 g/mol. The summed E-state index contributed by atoms with van der Waals surface area (Å²) in [5.41, 5.74) is 3.18. The molecule has 30 heavy (non-hydrogen) atoms. The van der Waals surface area contributed by atoms with Crippen LogP contribution < -0.4 is 5.56 Å². The highest BCUT2D eigenvalue weighted by molar-refractivity contribution is 5.92. The SMILES string of the molecule is O=C(c1cc(C2CC2)[nH]n1)N1CCC(Cn2nc(-c3ccncc3)ccc2=O)CC1. The van der Waals surface area contributed by atoms with E-state index in [0.717, 1.165) is 29.8 Å². The molecule has 154 valence electrons. The summed E-state index contributed by atoms with van der Waals surface area (Å²) in [5.74, 6) is 0.859. The molecule has 0 radical (unpaired) electrons. The summed E-state index contributed by atoms with van der Waals surface area (Å²) in [7, 11) is 0. The van der Waals surface area contributed by atoms with E-state index in [9.17, 15) is 9.59 Å². The normalized spacial score (nSPS) is 17.3. The van der Waals surface area contributed by atoms with Crippen molar-refractivity contribution in [2.24, 2.45) is 5.92 Å². The molecule has 1 saturated carbocycles. The molecule has 0 unspecified atom stereocenters. The monoisotopic (exact) mass is 404 g/mol. The van der Waals surface area contributed by atoms with Crippen LogP contribution in [-0.4, -0.2) is 48.9 Å². The Kier molecular flexibility index (Phi) is 4.90. The van der Waals surface area contributed by atoms with E-state index in [-0.39, 0.29) is 11.5 Å². The third kappa shape index (κ3) is 3.90. The van der Waals surface area contributed by atoms with Gasteiger partial charge in [0.1, 0.15) is 5.69 Å². The number of carbonyl (C=O) groups is 1. The molecule has 1 aliphatic heterocycles. The molecule has 0 spiro atoms. The van der Waals surface area contributed by atoms with Crippen molar-refractivity contribution < 1.29 is 4.79 Å². The van der Waals surface area contributed by atoms with E-state index in [4.69, 9.17) is 0 Å². The van der Waals surface area contributed by atoms with E-state index in [0.29, 0.717) is 37.2 Å². The smallest absolute Gasteiger partial charge is 0.274 e. The lowest BCUT2D eigenvalue weighted by molar-refractivity contribution is 0.0674. The molecular formula is C22H24N6O2. The zero-order valence-corrected chi connectivity index (χ0v) is 16.7. The molecule has 2 fully saturated rings. The quantitative estimate of drug-likeness (QED) is 0.705. The van der Waals surface area contributed by atoms with Crippen LogP contribution in [0.3, 0.4) is 0 Å². The summed E-state index contributed by atoms with van der Waals surface area (Å²) in [4.78, 5) is 30.9. The van der Waals surface area contributed by atoms with Crippen LogP contribution in [0.15, 0.2) is 47.5 Å². The molecule has 1 N–H and O–H groups in total. The number of aromatic nitrogens is 5. The highest BCUT2D eigenvalue weighted by Gasteiger charge is 2.29. The summed E-state index contributed by atoms with van der Waals surface area (Å²) < 4.78 is 1.55. The molecule has 0 aromatic carbocycles. The highest BCUT2D eigenvalue weighted by atomic mass is 16.2. The molecule has 3 aromatic heterocycles. The Bertz CT molecular complexity index is 1090. The summed E-state index contributed by atoms with van der Waals surface area (Å²) in [5, 5.41) is 11.8. The Morgan fingerprint density at radius 2 is 1.83 bits per heavy atom. The second-order valence-electron chi connectivity index (χ2n) is 8.19. The van der Waals surface area contributed by atoms with Crippen molar-refractivity contribution >= 4 is 5.91 Å². The van der Waals surface area contributed by atoms with E-state index in [1.165, 1.54) is 12.8 Å². The maximum absolute atomic E-state index is 12.7. The zero-order valence-electron chi connectivity index (χ0n) is 16.7. The zero-order chi connectivity index (χ0) is 20.5. The largest absolute Gasteiger partial charge is 0.337 e. The van der Waals surface area contributed by atoms with Crippen molar-refractivity contribution in [3.05, 3.63) is 64.5 Å². The Balaban J connectivity index is 1.22. The molecule has 0 atom stereocenters. The maximum Gasteiger partial charge on any atom is 0.274 e. The van der Waals surface area contributed by atoms with E-state index in [1.54, 1.807) is 29.2 Å². The molecule has 1 aliphatic carbocycles. The van der Waals surface area contributed by atoms with Crippen LogP contribution in [0, 0.1) is 5.92 Å². The highest BCUT2D eigenvalue weighted by Crippen LogP contribution is 2.39. The van der Waals surface area contributed by atoms with Gasteiger partial charge in [-0.15, -0.1) is 0 Å². The van der Waals surface area contributed by atoms with Gasteiger partial charge >= 0.3 is 0 Å². The average molecular weight is 404 g/mol. The van der Waals surface area contributed by atoms with Gasteiger partial charge in [-0.25, -0.2) is 4.68 Å². The summed E-state index contributed by atoms with van der Waals surface area (Å²) in [6, 6.07) is 8.97. The van der Waals surface area contributed by atoms with Gasteiger partial charge in [0.25, 0.3) is 11.5 Å². The van der Waals surface area contributed by atoms with E-state index in [1.807, 2.05) is 23.1 Å². The fourth-order valence-electron chi connectivity index (χ4n) is 4.03. The standard InChI is InChI=1S/C22H24N6O2/c29-21-4-3-18(17-5-9-23-10-6-17)26-28(21)14-15-7-11-27(12-8-15)22(30)20-13-19(24-25-20)16-1-2-16/h3-6,9-10,13,15-16H,1-2,7-8,11-12,14H2,(H,24,25). The van der Waals surface area contributed by atoms with Crippen molar-refractivity contribution in [3.8, 4) is 11.3 Å². The number of piperidine rings is 1. The number of nitrogens with zero attached hydrogens (tertiary/aromatic N) is 5. The molecule has 1 amide bonds. The minimum atomic E-state index is -0.101. The van der Waals surface area contributed by atoms with Crippen molar-refractivity contribution in [2.45, 2.75) is 38.1 Å². The number of rotatable bonds is 5. The van der Waals surface area contributed by atoms with Crippen molar-refractivity contribution in [3.63, 3.8) is 0 Å². The van der Waals surface area contributed by atoms with Gasteiger partial charge in [-0.3, -0.25) is 19.7 Å². The van der Waals surface area contributed by atoms with Crippen LogP contribution in [-0.2, 0) is 6.54 Å². The summed E-state index contributed by atoms with van der Waals surface area (Å²) in [6.07, 6.45) is 7.48. The Morgan fingerprint density at radius 3 is 2.57 bits per heavy atom. The first kappa shape index (κ1) is 18.7. The van der Waals surface area contributed by atoms with Crippen molar-refractivity contribution in [1.29, 1.82) is 0 Å². The minimum Gasteiger partial charge on any atom is -0.337 e. The Hall–Kier alpha value is -3.29. The number of hydrogen-bond acceptors (Lipinski definition) is 5. The molecule has 8 nitrogen and oxygen atoms in total. The number of aromatic amines is 1. The minimum absolute atomic E-state index is 0.00780. The van der Waals surface area contributed by atoms with Gasteiger partial charge in [-0.05, 0) is 55.9 Å². The molecule has 5 rings (SSSR count). The number of carbonyl (C=O) groups excluding carboxylic acids is 1. The lowest BCUT2D eigenvalue weighted by atomic mass is 9.96. The molecule has 0 bridgehead atoms. The van der Waals surface area contributed by atoms with Gasteiger partial charge in [0.2, 0.25) is 0 Å².